The number of hydrogen-bond donors (Lipinski definition) is 2. The fourth-order valence-electron chi connectivity index (χ4n) is 4.46. The molecule has 1 aliphatic rings. The van der Waals surface area contributed by atoms with Crippen molar-refractivity contribution in [3.8, 4) is 11.1 Å². The number of benzene rings is 2. The van der Waals surface area contributed by atoms with Crippen molar-refractivity contribution in [1.82, 2.24) is 20.2 Å². The summed E-state index contributed by atoms with van der Waals surface area (Å²) >= 11 is 0. The fraction of sp³-hybridized carbons (Fsp3) is 0.348. The lowest BCUT2D eigenvalue weighted by atomic mass is 10.0. The van der Waals surface area contributed by atoms with Gasteiger partial charge in [0.15, 0.2) is 11.5 Å². The Kier molecular flexibility index (Phi) is 4.60. The molecular formula is C23H25FN4O. The van der Waals surface area contributed by atoms with E-state index in [-0.39, 0.29) is 5.82 Å². The first-order valence-corrected chi connectivity index (χ1v) is 10.2. The van der Waals surface area contributed by atoms with Crippen LogP contribution in [0.1, 0.15) is 19.7 Å². The van der Waals surface area contributed by atoms with Gasteiger partial charge in [-0.3, -0.25) is 4.90 Å². The summed E-state index contributed by atoms with van der Waals surface area (Å²) in [5.41, 5.74) is 4.51. The molecule has 2 N–H and O–H groups in total. The summed E-state index contributed by atoms with van der Waals surface area (Å²) in [5.74, 6) is 0.534. The molecule has 0 spiro atoms. The molecule has 2 aromatic carbocycles. The van der Waals surface area contributed by atoms with Crippen molar-refractivity contribution in [2.45, 2.75) is 32.4 Å². The standard InChI is InChI=1S/C23H25FN4O/c1-14-12-28(13-15(2)26-14)8-7-23-27-20-6-3-16(9-22(20)29-23)19-11-25-21-10-17(24)4-5-18(19)21/h3-6,9-11,14-15,25-26H,7-8,12-13H2,1-2H3/t14-,15-/m1/s1. The molecule has 0 unspecified atom stereocenters. The molecule has 0 amide bonds. The number of aromatic nitrogens is 2. The molecule has 0 aliphatic carbocycles. The van der Waals surface area contributed by atoms with E-state index in [1.807, 2.05) is 30.5 Å². The predicted octanol–water partition coefficient (Wildman–Crippen LogP) is 4.34. The third kappa shape index (κ3) is 3.66. The Morgan fingerprint density at radius 2 is 1.97 bits per heavy atom. The van der Waals surface area contributed by atoms with Gasteiger partial charge in [0.05, 0.1) is 0 Å². The van der Waals surface area contributed by atoms with Crippen molar-refractivity contribution < 1.29 is 8.81 Å². The normalized spacial score (nSPS) is 20.7. The molecule has 3 heterocycles. The highest BCUT2D eigenvalue weighted by Crippen LogP contribution is 2.31. The summed E-state index contributed by atoms with van der Waals surface area (Å²) in [6.07, 6.45) is 2.71. The zero-order chi connectivity index (χ0) is 20.0. The number of fused-ring (bicyclic) bond motifs is 2. The van der Waals surface area contributed by atoms with Gasteiger partial charge < -0.3 is 14.7 Å². The Morgan fingerprint density at radius 1 is 1.14 bits per heavy atom. The molecule has 6 heteroatoms. The minimum absolute atomic E-state index is 0.241. The largest absolute Gasteiger partial charge is 0.441 e. The van der Waals surface area contributed by atoms with E-state index in [9.17, 15) is 4.39 Å². The smallest absolute Gasteiger partial charge is 0.196 e. The zero-order valence-electron chi connectivity index (χ0n) is 16.7. The maximum absolute atomic E-state index is 13.5. The number of aromatic amines is 1. The monoisotopic (exact) mass is 392 g/mol. The number of piperazine rings is 1. The second kappa shape index (κ2) is 7.28. The summed E-state index contributed by atoms with van der Waals surface area (Å²) < 4.78 is 19.5. The molecule has 1 saturated heterocycles. The number of H-pyrrole nitrogens is 1. The number of nitrogens with one attached hydrogen (secondary N) is 2. The average Bonchev–Trinajstić information content (AvgIpc) is 3.28. The lowest BCUT2D eigenvalue weighted by Crippen LogP contribution is -2.54. The zero-order valence-corrected chi connectivity index (χ0v) is 16.7. The van der Waals surface area contributed by atoms with Crippen LogP contribution in [0.15, 0.2) is 47.0 Å². The van der Waals surface area contributed by atoms with Crippen LogP contribution in [0.4, 0.5) is 4.39 Å². The van der Waals surface area contributed by atoms with Crippen molar-refractivity contribution in [1.29, 1.82) is 0 Å². The first-order chi connectivity index (χ1) is 14.0. The van der Waals surface area contributed by atoms with Crippen molar-refractivity contribution in [2.75, 3.05) is 19.6 Å². The summed E-state index contributed by atoms with van der Waals surface area (Å²) in [7, 11) is 0. The lowest BCUT2D eigenvalue weighted by Gasteiger charge is -2.35. The topological polar surface area (TPSA) is 57.1 Å². The number of halogens is 1. The number of rotatable bonds is 4. The molecule has 0 radical (unpaired) electrons. The van der Waals surface area contributed by atoms with Crippen LogP contribution in [-0.2, 0) is 6.42 Å². The summed E-state index contributed by atoms with van der Waals surface area (Å²) in [5, 5.41) is 4.55. The van der Waals surface area contributed by atoms with E-state index in [1.54, 1.807) is 0 Å². The highest BCUT2D eigenvalue weighted by molar-refractivity contribution is 5.97. The van der Waals surface area contributed by atoms with E-state index in [1.165, 1.54) is 12.1 Å². The van der Waals surface area contributed by atoms with E-state index >= 15 is 0 Å². The second-order valence-electron chi connectivity index (χ2n) is 8.16. The summed E-state index contributed by atoms with van der Waals surface area (Å²) in [6, 6.07) is 11.9. The molecule has 2 aromatic heterocycles. The number of nitrogens with zero attached hydrogens (tertiary/aromatic N) is 2. The van der Waals surface area contributed by atoms with Crippen LogP contribution < -0.4 is 5.32 Å². The van der Waals surface area contributed by atoms with Crippen molar-refractivity contribution in [3.63, 3.8) is 0 Å². The van der Waals surface area contributed by atoms with E-state index < -0.39 is 0 Å². The first-order valence-electron chi connectivity index (χ1n) is 10.2. The Hall–Kier alpha value is -2.70. The van der Waals surface area contributed by atoms with Gasteiger partial charge in [-0.2, -0.15) is 0 Å². The molecule has 150 valence electrons. The number of hydrogen-bond acceptors (Lipinski definition) is 4. The van der Waals surface area contributed by atoms with Gasteiger partial charge >= 0.3 is 0 Å². The van der Waals surface area contributed by atoms with E-state index in [2.05, 4.69) is 34.0 Å². The van der Waals surface area contributed by atoms with Crippen molar-refractivity contribution >= 4 is 22.0 Å². The second-order valence-corrected chi connectivity index (χ2v) is 8.16. The van der Waals surface area contributed by atoms with Crippen LogP contribution in [0.25, 0.3) is 33.1 Å². The maximum Gasteiger partial charge on any atom is 0.196 e. The van der Waals surface area contributed by atoms with Crippen LogP contribution in [-0.4, -0.2) is 46.6 Å². The van der Waals surface area contributed by atoms with E-state index in [0.717, 1.165) is 65.1 Å². The van der Waals surface area contributed by atoms with Crippen LogP contribution in [0.2, 0.25) is 0 Å². The Labute approximate surface area is 168 Å². The lowest BCUT2D eigenvalue weighted by molar-refractivity contribution is 0.172. The maximum atomic E-state index is 13.5. The van der Waals surface area contributed by atoms with Gasteiger partial charge in [0, 0.05) is 60.8 Å². The van der Waals surface area contributed by atoms with Crippen LogP contribution in [0, 0.1) is 5.82 Å². The SMILES string of the molecule is C[C@@H]1CN(CCc2nc3ccc(-c4c[nH]c5cc(F)ccc45)cc3o2)C[C@@H](C)N1. The highest BCUT2D eigenvalue weighted by atomic mass is 19.1. The molecule has 1 fully saturated rings. The van der Waals surface area contributed by atoms with Crippen LogP contribution in [0.5, 0.6) is 0 Å². The fourth-order valence-corrected chi connectivity index (χ4v) is 4.46. The van der Waals surface area contributed by atoms with Gasteiger partial charge in [-0.1, -0.05) is 6.07 Å². The average molecular weight is 392 g/mol. The van der Waals surface area contributed by atoms with Gasteiger partial charge in [0.25, 0.3) is 0 Å². The summed E-state index contributed by atoms with van der Waals surface area (Å²) in [6.45, 7) is 7.50. The van der Waals surface area contributed by atoms with Gasteiger partial charge in [-0.25, -0.2) is 9.37 Å². The quantitative estimate of drug-likeness (QED) is 0.542. The molecule has 1 aliphatic heterocycles. The molecule has 5 rings (SSSR count). The Balaban J connectivity index is 1.37. The van der Waals surface area contributed by atoms with Gasteiger partial charge in [0.1, 0.15) is 11.3 Å². The molecule has 29 heavy (non-hydrogen) atoms. The minimum atomic E-state index is -0.241. The molecule has 2 atom stereocenters. The van der Waals surface area contributed by atoms with E-state index in [0.29, 0.717) is 12.1 Å². The van der Waals surface area contributed by atoms with Gasteiger partial charge in [-0.05, 0) is 49.7 Å². The Morgan fingerprint density at radius 3 is 2.79 bits per heavy atom. The molecule has 4 aromatic rings. The molecule has 0 saturated carbocycles. The minimum Gasteiger partial charge on any atom is -0.441 e. The Bertz CT molecular complexity index is 1150. The molecule has 5 nitrogen and oxygen atoms in total. The highest BCUT2D eigenvalue weighted by Gasteiger charge is 2.21. The molecular weight excluding hydrogens is 367 g/mol. The predicted molar refractivity (Wildman–Crippen MR) is 113 cm³/mol. The van der Waals surface area contributed by atoms with Crippen LogP contribution in [0.3, 0.4) is 0 Å². The van der Waals surface area contributed by atoms with Crippen molar-refractivity contribution in [2.24, 2.45) is 0 Å². The summed E-state index contributed by atoms with van der Waals surface area (Å²) in [4.78, 5) is 10.3. The first kappa shape index (κ1) is 18.3. The number of oxazole rings is 1. The van der Waals surface area contributed by atoms with Gasteiger partial charge in [-0.15, -0.1) is 0 Å². The third-order valence-electron chi connectivity index (χ3n) is 5.66. The van der Waals surface area contributed by atoms with Crippen molar-refractivity contribution in [3.05, 3.63) is 54.3 Å². The van der Waals surface area contributed by atoms with Crippen LogP contribution >= 0.6 is 0 Å². The molecule has 0 bridgehead atoms. The van der Waals surface area contributed by atoms with E-state index in [4.69, 9.17) is 4.42 Å². The third-order valence-corrected chi connectivity index (χ3v) is 5.66. The van der Waals surface area contributed by atoms with Gasteiger partial charge in [0.2, 0.25) is 0 Å².